The number of nitrogens with one attached hydrogen (secondary N) is 1. The molecule has 0 saturated carbocycles. The van der Waals surface area contributed by atoms with Crippen LogP contribution in [0.4, 0.5) is 5.82 Å². The number of ether oxygens (including phenoxy) is 1. The van der Waals surface area contributed by atoms with E-state index in [0.29, 0.717) is 6.04 Å². The molecule has 1 N–H and O–H groups in total. The Morgan fingerprint density at radius 1 is 1.60 bits per heavy atom. The predicted octanol–water partition coefficient (Wildman–Crippen LogP) is 0.941. The summed E-state index contributed by atoms with van der Waals surface area (Å²) in [6, 6.07) is 4.30. The van der Waals surface area contributed by atoms with Crippen molar-refractivity contribution in [3.05, 3.63) is 17.8 Å². The minimum Gasteiger partial charge on any atom is -0.487 e. The molecule has 3 heteroatoms. The number of rotatable bonds is 0. The van der Waals surface area contributed by atoms with Crippen LogP contribution in [0.1, 0.15) is 11.7 Å². The maximum Gasteiger partial charge on any atom is 0.169 e. The Morgan fingerprint density at radius 2 is 2.60 bits per heavy atom. The van der Waals surface area contributed by atoms with Crippen LogP contribution >= 0.6 is 0 Å². The first-order valence-electron chi connectivity index (χ1n) is 3.34. The van der Waals surface area contributed by atoms with Crippen LogP contribution in [0.25, 0.3) is 0 Å². The van der Waals surface area contributed by atoms with E-state index >= 15 is 0 Å². The van der Waals surface area contributed by atoms with Crippen LogP contribution < -0.4 is 10.1 Å². The number of hydrogen-bond acceptors (Lipinski definition) is 3. The lowest BCUT2D eigenvalue weighted by Gasteiger charge is -2.16. The minimum absolute atomic E-state index is 0.317. The topological polar surface area (TPSA) is 34.1 Å². The van der Waals surface area contributed by atoms with Crippen molar-refractivity contribution in [1.29, 1.82) is 0 Å². The van der Waals surface area contributed by atoms with Gasteiger partial charge in [-0.1, -0.05) is 0 Å². The smallest absolute Gasteiger partial charge is 0.169 e. The summed E-state index contributed by atoms with van der Waals surface area (Å²) < 4.78 is 5.37. The molecule has 0 radical (unpaired) electrons. The van der Waals surface area contributed by atoms with E-state index in [1.165, 1.54) is 0 Å². The molecule has 1 unspecified atom stereocenters. The molecule has 50 valence electrons. The molecule has 10 heavy (non-hydrogen) atoms. The normalized spacial score (nSPS) is 24.2. The van der Waals surface area contributed by atoms with Gasteiger partial charge >= 0.3 is 0 Å². The molecule has 0 fully saturated rings. The molecular formula is C7H6N2O. The zero-order chi connectivity index (χ0) is 6.55. The number of anilines is 1. The van der Waals surface area contributed by atoms with Gasteiger partial charge in [-0.3, -0.25) is 0 Å². The highest BCUT2D eigenvalue weighted by Crippen LogP contribution is 2.37. The number of hydrogen-bond donors (Lipinski definition) is 1. The fraction of sp³-hybridized carbons (Fsp3) is 0.286. The van der Waals surface area contributed by atoms with Crippen LogP contribution in [-0.2, 0) is 0 Å². The molecular weight excluding hydrogens is 128 g/mol. The van der Waals surface area contributed by atoms with Crippen LogP contribution in [0.2, 0.25) is 0 Å². The summed E-state index contributed by atoms with van der Waals surface area (Å²) >= 11 is 0. The molecule has 2 aliphatic heterocycles. The standard InChI is InChI=1S/C7H6N2O/c1-2-6-7-8-4(1)5(9-7)3-10-6/h1-2,5H,3H2,(H,8,9). The van der Waals surface area contributed by atoms with Crippen molar-refractivity contribution in [2.45, 2.75) is 6.04 Å². The van der Waals surface area contributed by atoms with E-state index in [0.717, 1.165) is 23.9 Å². The lowest BCUT2D eigenvalue weighted by Crippen LogP contribution is -2.17. The molecule has 2 aliphatic rings. The minimum atomic E-state index is 0.317. The summed E-state index contributed by atoms with van der Waals surface area (Å²) in [5, 5.41) is 3.24. The van der Waals surface area contributed by atoms with Crippen LogP contribution in [0.15, 0.2) is 12.1 Å². The third kappa shape index (κ3) is 0.364. The fourth-order valence-electron chi connectivity index (χ4n) is 1.41. The Kier molecular flexibility index (Phi) is 0.572. The van der Waals surface area contributed by atoms with Crippen LogP contribution in [0.3, 0.4) is 0 Å². The monoisotopic (exact) mass is 134 g/mol. The van der Waals surface area contributed by atoms with Gasteiger partial charge in [-0.15, -0.1) is 0 Å². The Morgan fingerprint density at radius 3 is 3.60 bits per heavy atom. The van der Waals surface area contributed by atoms with Crippen molar-refractivity contribution in [2.75, 3.05) is 11.9 Å². The van der Waals surface area contributed by atoms with Gasteiger partial charge in [0.15, 0.2) is 11.6 Å². The molecule has 1 aromatic rings. The largest absolute Gasteiger partial charge is 0.487 e. The van der Waals surface area contributed by atoms with Gasteiger partial charge in [0.25, 0.3) is 0 Å². The van der Waals surface area contributed by atoms with Crippen LogP contribution in [0.5, 0.6) is 5.75 Å². The first-order chi connectivity index (χ1) is 4.93. The van der Waals surface area contributed by atoms with Crippen molar-refractivity contribution in [3.8, 4) is 5.75 Å². The maximum absolute atomic E-state index is 5.37. The van der Waals surface area contributed by atoms with E-state index in [4.69, 9.17) is 4.74 Å². The van der Waals surface area contributed by atoms with Crippen LogP contribution in [-0.4, -0.2) is 11.6 Å². The van der Waals surface area contributed by atoms with Gasteiger partial charge in [-0.05, 0) is 12.1 Å². The van der Waals surface area contributed by atoms with E-state index < -0.39 is 0 Å². The molecule has 3 rings (SSSR count). The first kappa shape index (κ1) is 4.55. The van der Waals surface area contributed by atoms with Crippen molar-refractivity contribution in [2.24, 2.45) is 0 Å². The van der Waals surface area contributed by atoms with E-state index in [-0.39, 0.29) is 0 Å². The van der Waals surface area contributed by atoms with Gasteiger partial charge in [0, 0.05) is 0 Å². The fourth-order valence-corrected chi connectivity index (χ4v) is 1.41. The average molecular weight is 134 g/mol. The Balaban J connectivity index is 2.40. The summed E-state index contributed by atoms with van der Waals surface area (Å²) in [6.45, 7) is 0.727. The van der Waals surface area contributed by atoms with Gasteiger partial charge in [-0.2, -0.15) is 0 Å². The van der Waals surface area contributed by atoms with E-state index in [9.17, 15) is 0 Å². The Bertz CT molecular complexity index is 298. The van der Waals surface area contributed by atoms with Gasteiger partial charge < -0.3 is 10.1 Å². The highest BCUT2D eigenvalue weighted by molar-refractivity contribution is 5.58. The van der Waals surface area contributed by atoms with Crippen LogP contribution in [0, 0.1) is 0 Å². The predicted molar refractivity (Wildman–Crippen MR) is 36.1 cm³/mol. The number of pyridine rings is 1. The van der Waals surface area contributed by atoms with E-state index in [1.54, 1.807) is 0 Å². The number of aromatic nitrogens is 1. The molecule has 0 aromatic carbocycles. The lowest BCUT2D eigenvalue weighted by molar-refractivity contribution is 0.295. The third-order valence-corrected chi connectivity index (χ3v) is 1.95. The molecule has 3 heterocycles. The van der Waals surface area contributed by atoms with Gasteiger partial charge in [-0.25, -0.2) is 4.98 Å². The second-order valence-corrected chi connectivity index (χ2v) is 2.59. The average Bonchev–Trinajstić information content (AvgIpc) is 2.19. The number of nitrogens with zero attached hydrogens (tertiary/aromatic N) is 1. The molecule has 3 nitrogen and oxygen atoms in total. The zero-order valence-corrected chi connectivity index (χ0v) is 5.29. The Labute approximate surface area is 58.0 Å². The van der Waals surface area contributed by atoms with Crippen molar-refractivity contribution in [1.82, 2.24) is 4.98 Å². The van der Waals surface area contributed by atoms with Gasteiger partial charge in [0.2, 0.25) is 0 Å². The number of fused-ring (bicyclic) bond motifs is 3. The summed E-state index contributed by atoms with van der Waals surface area (Å²) in [5.74, 6) is 1.80. The molecule has 3 bridgehead atoms. The maximum atomic E-state index is 5.37. The lowest BCUT2D eigenvalue weighted by atomic mass is 10.2. The summed E-state index contributed by atoms with van der Waals surface area (Å²) in [4.78, 5) is 4.29. The molecule has 0 saturated heterocycles. The van der Waals surface area contributed by atoms with E-state index in [2.05, 4.69) is 10.3 Å². The Hall–Kier alpha value is -1.25. The zero-order valence-electron chi connectivity index (χ0n) is 5.29. The second-order valence-electron chi connectivity index (χ2n) is 2.59. The highest BCUT2D eigenvalue weighted by atomic mass is 16.5. The summed E-state index contributed by atoms with van der Waals surface area (Å²) in [7, 11) is 0. The molecule has 1 atom stereocenters. The quantitative estimate of drug-likeness (QED) is 0.573. The SMILES string of the molecule is c1cc2c3nc1C(CO2)N3. The van der Waals surface area contributed by atoms with Crippen molar-refractivity contribution >= 4 is 5.82 Å². The second kappa shape index (κ2) is 1.26. The van der Waals surface area contributed by atoms with Crippen molar-refractivity contribution in [3.63, 3.8) is 0 Å². The summed E-state index contributed by atoms with van der Waals surface area (Å²) in [5.41, 5.74) is 1.11. The first-order valence-corrected chi connectivity index (χ1v) is 3.34. The molecule has 1 aromatic heterocycles. The summed E-state index contributed by atoms with van der Waals surface area (Å²) in [6.07, 6.45) is 0. The van der Waals surface area contributed by atoms with Crippen molar-refractivity contribution < 1.29 is 4.74 Å². The molecule has 0 aliphatic carbocycles. The van der Waals surface area contributed by atoms with Gasteiger partial charge in [0.1, 0.15) is 12.6 Å². The van der Waals surface area contributed by atoms with E-state index in [1.807, 2.05) is 12.1 Å². The van der Waals surface area contributed by atoms with Gasteiger partial charge in [0.05, 0.1) is 5.69 Å². The molecule has 0 spiro atoms. The third-order valence-electron chi connectivity index (χ3n) is 1.95. The highest BCUT2D eigenvalue weighted by Gasteiger charge is 2.29. The molecule has 0 amide bonds.